The van der Waals surface area contributed by atoms with Crippen LogP contribution in [0, 0.1) is 11.3 Å². The minimum atomic E-state index is -0.402. The van der Waals surface area contributed by atoms with Gasteiger partial charge in [-0.25, -0.2) is 0 Å². The van der Waals surface area contributed by atoms with Crippen LogP contribution in [-0.2, 0) is 12.0 Å². The smallest absolute Gasteiger partial charge is 0.135 e. The fourth-order valence-electron chi connectivity index (χ4n) is 3.35. The highest BCUT2D eigenvalue weighted by atomic mass is 16.5. The van der Waals surface area contributed by atoms with Crippen LogP contribution in [0.1, 0.15) is 30.4 Å². The second-order valence-corrected chi connectivity index (χ2v) is 5.19. The number of fused-ring (bicyclic) bond motifs is 1. The molecule has 1 aromatic rings. The van der Waals surface area contributed by atoms with Gasteiger partial charge in [-0.15, -0.1) is 0 Å². The molecule has 3 rings (SSSR count). The van der Waals surface area contributed by atoms with Crippen LogP contribution in [-0.4, -0.2) is 25.1 Å². The van der Waals surface area contributed by atoms with Crippen molar-refractivity contribution in [3.63, 3.8) is 0 Å². The van der Waals surface area contributed by atoms with Gasteiger partial charge in [0.05, 0.1) is 13.2 Å². The second kappa shape index (κ2) is 4.29. The number of hydrogen-bond donors (Lipinski definition) is 0. The molecule has 94 valence electrons. The van der Waals surface area contributed by atoms with E-state index in [-0.39, 0.29) is 0 Å². The third kappa shape index (κ3) is 1.53. The highest BCUT2D eigenvalue weighted by Gasteiger charge is 2.45. The fourth-order valence-corrected chi connectivity index (χ4v) is 3.35. The van der Waals surface area contributed by atoms with Crippen LogP contribution >= 0.6 is 0 Å². The van der Waals surface area contributed by atoms with Crippen molar-refractivity contribution < 1.29 is 4.74 Å². The summed E-state index contributed by atoms with van der Waals surface area (Å²) in [4.78, 5) is 2.36. The number of nitrogens with zero attached hydrogens (tertiary/aromatic N) is 2. The minimum absolute atomic E-state index is 0.402. The van der Waals surface area contributed by atoms with Crippen molar-refractivity contribution in [1.29, 1.82) is 5.26 Å². The molecule has 0 bridgehead atoms. The molecule has 0 saturated carbocycles. The van der Waals surface area contributed by atoms with E-state index in [4.69, 9.17) is 4.74 Å². The summed E-state index contributed by atoms with van der Waals surface area (Å²) in [5.41, 5.74) is 2.08. The molecular weight excluding hydrogens is 224 g/mol. The lowest BCUT2D eigenvalue weighted by molar-refractivity contribution is 0.174. The van der Waals surface area contributed by atoms with E-state index in [0.29, 0.717) is 0 Å². The summed E-state index contributed by atoms with van der Waals surface area (Å²) < 4.78 is 5.31. The van der Waals surface area contributed by atoms with Crippen molar-refractivity contribution in [2.75, 3.05) is 20.2 Å². The first-order valence-electron chi connectivity index (χ1n) is 6.64. The number of hydrogen-bond acceptors (Lipinski definition) is 3. The first-order valence-corrected chi connectivity index (χ1v) is 6.64. The molecule has 1 aliphatic heterocycles. The lowest BCUT2D eigenvalue weighted by Gasteiger charge is -2.33. The molecule has 1 atom stereocenters. The third-order valence-electron chi connectivity index (χ3n) is 4.35. The Bertz CT molecular complexity index is 500. The maximum atomic E-state index is 9.75. The highest BCUT2D eigenvalue weighted by Crippen LogP contribution is 2.44. The van der Waals surface area contributed by atoms with Crippen LogP contribution in [0.2, 0.25) is 0 Å². The minimum Gasteiger partial charge on any atom is -0.497 e. The average Bonchev–Trinajstić information content (AvgIpc) is 3.05. The number of nitriles is 1. The van der Waals surface area contributed by atoms with Crippen molar-refractivity contribution >= 4 is 0 Å². The molecule has 3 nitrogen and oxygen atoms in total. The first kappa shape index (κ1) is 11.6. The molecule has 0 aromatic heterocycles. The monoisotopic (exact) mass is 242 g/mol. The molecule has 0 radical (unpaired) electrons. The molecule has 18 heavy (non-hydrogen) atoms. The van der Waals surface area contributed by atoms with Crippen LogP contribution in [0.15, 0.2) is 18.2 Å². The molecule has 0 spiro atoms. The van der Waals surface area contributed by atoms with Crippen molar-refractivity contribution in [2.24, 2.45) is 0 Å². The van der Waals surface area contributed by atoms with Gasteiger partial charge in [0, 0.05) is 13.1 Å². The molecule has 0 N–H and O–H groups in total. The average molecular weight is 242 g/mol. The summed E-state index contributed by atoms with van der Waals surface area (Å²) in [7, 11) is 1.68. The maximum absolute atomic E-state index is 9.75. The lowest BCUT2D eigenvalue weighted by atomic mass is 9.91. The summed E-state index contributed by atoms with van der Waals surface area (Å²) in [5.74, 6) is 0.856. The molecule has 1 unspecified atom stereocenters. The Kier molecular flexibility index (Phi) is 2.76. The first-order chi connectivity index (χ1) is 8.80. The number of likely N-dealkylation sites (tertiary alicyclic amines) is 1. The van der Waals surface area contributed by atoms with Gasteiger partial charge in [0.2, 0.25) is 0 Å². The Hall–Kier alpha value is -1.53. The van der Waals surface area contributed by atoms with Gasteiger partial charge >= 0.3 is 0 Å². The van der Waals surface area contributed by atoms with Crippen LogP contribution in [0.25, 0.3) is 0 Å². The van der Waals surface area contributed by atoms with Gasteiger partial charge in [-0.2, -0.15) is 5.26 Å². The molecule has 1 aliphatic carbocycles. The molecule has 1 aromatic carbocycles. The van der Waals surface area contributed by atoms with Crippen LogP contribution in [0.3, 0.4) is 0 Å². The number of aryl methyl sites for hydroxylation is 1. The molecule has 2 aliphatic rings. The number of rotatable bonds is 2. The standard InChI is InChI=1S/C15H18N2O/c1-18-13-5-4-12-6-7-15(11-16,14(12)10-13)17-8-2-3-9-17/h4-5,10H,2-3,6-9H2,1H3. The van der Waals surface area contributed by atoms with Crippen molar-refractivity contribution in [2.45, 2.75) is 31.2 Å². The van der Waals surface area contributed by atoms with Crippen LogP contribution in [0.5, 0.6) is 5.75 Å². The Morgan fingerprint density at radius 3 is 2.78 bits per heavy atom. The summed E-state index contributed by atoms with van der Waals surface area (Å²) in [6.07, 6.45) is 4.35. The maximum Gasteiger partial charge on any atom is 0.135 e. The zero-order valence-electron chi connectivity index (χ0n) is 10.8. The third-order valence-corrected chi connectivity index (χ3v) is 4.35. The van der Waals surface area contributed by atoms with Gasteiger partial charge in [0.25, 0.3) is 0 Å². The predicted molar refractivity (Wildman–Crippen MR) is 69.4 cm³/mol. The molecule has 1 fully saturated rings. The molecular formula is C15H18N2O. The quantitative estimate of drug-likeness (QED) is 0.799. The van der Waals surface area contributed by atoms with Crippen molar-refractivity contribution in [3.05, 3.63) is 29.3 Å². The predicted octanol–water partition coefficient (Wildman–Crippen LogP) is 2.46. The van der Waals surface area contributed by atoms with Gasteiger partial charge in [-0.3, -0.25) is 4.90 Å². The number of methoxy groups -OCH3 is 1. The molecule has 3 heteroatoms. The van der Waals surface area contributed by atoms with Gasteiger partial charge in [-0.05, 0) is 48.9 Å². The molecule has 1 saturated heterocycles. The van der Waals surface area contributed by atoms with Gasteiger partial charge in [0.1, 0.15) is 11.3 Å². The van der Waals surface area contributed by atoms with E-state index >= 15 is 0 Å². The van der Waals surface area contributed by atoms with Gasteiger partial charge in [0.15, 0.2) is 0 Å². The summed E-state index contributed by atoms with van der Waals surface area (Å²) in [6.45, 7) is 2.09. The van der Waals surface area contributed by atoms with Gasteiger partial charge < -0.3 is 4.74 Å². The SMILES string of the molecule is COc1ccc2c(c1)C(C#N)(N1CCCC1)CC2. The van der Waals surface area contributed by atoms with Crippen LogP contribution < -0.4 is 4.74 Å². The Labute approximate surface area is 108 Å². The summed E-state index contributed by atoms with van der Waals surface area (Å²) in [6, 6.07) is 8.77. The van der Waals surface area contributed by atoms with E-state index < -0.39 is 5.54 Å². The zero-order valence-corrected chi connectivity index (χ0v) is 10.8. The molecule has 0 amide bonds. The fraction of sp³-hybridized carbons (Fsp3) is 0.533. The van der Waals surface area contributed by atoms with Crippen molar-refractivity contribution in [1.82, 2.24) is 4.90 Å². The van der Waals surface area contributed by atoms with E-state index in [1.807, 2.05) is 6.07 Å². The van der Waals surface area contributed by atoms with E-state index in [0.717, 1.165) is 31.7 Å². The topological polar surface area (TPSA) is 36.3 Å². The van der Waals surface area contributed by atoms with E-state index in [2.05, 4.69) is 23.1 Å². The van der Waals surface area contributed by atoms with E-state index in [9.17, 15) is 5.26 Å². The van der Waals surface area contributed by atoms with Gasteiger partial charge in [-0.1, -0.05) is 6.07 Å². The summed E-state index contributed by atoms with van der Waals surface area (Å²) >= 11 is 0. The summed E-state index contributed by atoms with van der Waals surface area (Å²) in [5, 5.41) is 9.75. The van der Waals surface area contributed by atoms with Crippen molar-refractivity contribution in [3.8, 4) is 11.8 Å². The normalized spacial score (nSPS) is 26.9. The largest absolute Gasteiger partial charge is 0.497 e. The highest BCUT2D eigenvalue weighted by molar-refractivity contribution is 5.47. The Morgan fingerprint density at radius 1 is 1.33 bits per heavy atom. The Balaban J connectivity index is 2.07. The van der Waals surface area contributed by atoms with E-state index in [1.54, 1.807) is 7.11 Å². The zero-order chi connectivity index (χ0) is 12.6. The number of ether oxygens (including phenoxy) is 1. The lowest BCUT2D eigenvalue weighted by Crippen LogP contribution is -2.41. The second-order valence-electron chi connectivity index (χ2n) is 5.19. The van der Waals surface area contributed by atoms with Crippen LogP contribution in [0.4, 0.5) is 0 Å². The Morgan fingerprint density at radius 2 is 2.11 bits per heavy atom. The van der Waals surface area contributed by atoms with E-state index in [1.165, 1.54) is 24.0 Å². The number of benzene rings is 1. The molecule has 1 heterocycles.